The molecule has 0 saturated carbocycles. The summed E-state index contributed by atoms with van der Waals surface area (Å²) in [5, 5.41) is 3.36. The quantitative estimate of drug-likeness (QED) is 0.675. The first-order valence-corrected chi connectivity index (χ1v) is 12.6. The minimum atomic E-state index is -0.643. The molecule has 0 aliphatic carbocycles. The summed E-state index contributed by atoms with van der Waals surface area (Å²) in [6.07, 6.45) is 0. The van der Waals surface area contributed by atoms with Crippen LogP contribution in [0.1, 0.15) is 22.7 Å². The van der Waals surface area contributed by atoms with E-state index in [-0.39, 0.29) is 30.9 Å². The highest BCUT2D eigenvalue weighted by atomic mass is 35.5. The van der Waals surface area contributed by atoms with Crippen molar-refractivity contribution in [1.29, 1.82) is 0 Å². The summed E-state index contributed by atoms with van der Waals surface area (Å²) in [6.45, 7) is 5.98. The number of hydrogen-bond donors (Lipinski definition) is 1. The lowest BCUT2D eigenvalue weighted by molar-refractivity contribution is -0.139. The van der Waals surface area contributed by atoms with Crippen molar-refractivity contribution in [2.45, 2.75) is 19.5 Å². The number of piperazine rings is 1. The van der Waals surface area contributed by atoms with Gasteiger partial charge in [0.25, 0.3) is 5.91 Å². The first-order chi connectivity index (χ1) is 17.3. The average Bonchev–Trinajstić information content (AvgIpc) is 3.20. The highest BCUT2D eigenvalue weighted by molar-refractivity contribution is 6.31. The van der Waals surface area contributed by atoms with Gasteiger partial charge >= 0.3 is 6.03 Å². The van der Waals surface area contributed by atoms with Gasteiger partial charge in [-0.1, -0.05) is 59.6 Å². The second-order valence-electron chi connectivity index (χ2n) is 9.63. The molecule has 0 bridgehead atoms. The maximum Gasteiger partial charge on any atom is 0.322 e. The predicted molar refractivity (Wildman–Crippen MR) is 137 cm³/mol. The Morgan fingerprint density at radius 3 is 2.42 bits per heavy atom. The van der Waals surface area contributed by atoms with Gasteiger partial charge in [0.05, 0.1) is 23.9 Å². The number of carbonyl (C=O) groups is 3. The number of halogens is 1. The van der Waals surface area contributed by atoms with Crippen LogP contribution in [0.2, 0.25) is 5.02 Å². The van der Waals surface area contributed by atoms with Gasteiger partial charge in [0.15, 0.2) is 0 Å². The van der Waals surface area contributed by atoms with Crippen molar-refractivity contribution < 1.29 is 14.4 Å². The first-order valence-electron chi connectivity index (χ1n) is 12.2. The van der Waals surface area contributed by atoms with Gasteiger partial charge in [-0.15, -0.1) is 0 Å². The summed E-state index contributed by atoms with van der Waals surface area (Å²) in [6, 6.07) is 14.8. The van der Waals surface area contributed by atoms with Gasteiger partial charge in [-0.25, -0.2) is 4.79 Å². The molecule has 4 amide bonds. The Labute approximate surface area is 216 Å². The number of carbonyl (C=O) groups excluding carboxylic acids is 3. The summed E-state index contributed by atoms with van der Waals surface area (Å²) in [5.41, 5.74) is 4.26. The van der Waals surface area contributed by atoms with Crippen molar-refractivity contribution >= 4 is 29.4 Å². The van der Waals surface area contributed by atoms with Gasteiger partial charge in [0, 0.05) is 44.8 Å². The molecule has 1 fully saturated rings. The summed E-state index contributed by atoms with van der Waals surface area (Å²) in [4.78, 5) is 46.4. The molecule has 0 aromatic heterocycles. The molecular formula is C27H30ClN5O3. The molecule has 188 valence electrons. The van der Waals surface area contributed by atoms with Crippen LogP contribution in [0.5, 0.6) is 0 Å². The second-order valence-corrected chi connectivity index (χ2v) is 10.0. The standard InChI is InChI=1S/C27H30ClN5O3/c1-18-7-9-19(10-8-18)15-31-11-13-32(14-12-31)23(34)17-33-16-22-24(26(33)35)25(29-27(36)30(22)2)20-5-3-4-6-21(20)28/h3-10,25H,11-17H2,1-2H3,(H,29,36)/t25-/m0/s1. The Kier molecular flexibility index (Phi) is 6.73. The van der Waals surface area contributed by atoms with Crippen molar-refractivity contribution in [1.82, 2.24) is 24.9 Å². The van der Waals surface area contributed by atoms with E-state index in [1.165, 1.54) is 20.9 Å². The number of rotatable bonds is 5. The van der Waals surface area contributed by atoms with Crippen LogP contribution in [0.15, 0.2) is 59.8 Å². The third-order valence-electron chi connectivity index (χ3n) is 7.23. The zero-order valence-corrected chi connectivity index (χ0v) is 21.3. The first kappa shape index (κ1) is 24.3. The van der Waals surface area contributed by atoms with Crippen LogP contribution in [-0.4, -0.2) is 83.8 Å². The fourth-order valence-corrected chi connectivity index (χ4v) is 5.31. The molecule has 9 heteroatoms. The number of amides is 4. The van der Waals surface area contributed by atoms with Gasteiger partial charge in [0.2, 0.25) is 5.91 Å². The van der Waals surface area contributed by atoms with Crippen molar-refractivity contribution in [2.75, 3.05) is 46.3 Å². The lowest BCUT2D eigenvalue weighted by Gasteiger charge is -2.35. The van der Waals surface area contributed by atoms with E-state index in [1.54, 1.807) is 25.2 Å². The summed E-state index contributed by atoms with van der Waals surface area (Å²) in [7, 11) is 1.64. The van der Waals surface area contributed by atoms with E-state index in [0.29, 0.717) is 34.9 Å². The Bertz CT molecular complexity index is 1220. The number of benzene rings is 2. The van der Waals surface area contributed by atoms with E-state index in [9.17, 15) is 14.4 Å². The predicted octanol–water partition coefficient (Wildman–Crippen LogP) is 2.79. The molecule has 3 heterocycles. The number of nitrogens with one attached hydrogen (secondary N) is 1. The number of aryl methyl sites for hydroxylation is 1. The number of hydrogen-bond acceptors (Lipinski definition) is 4. The summed E-state index contributed by atoms with van der Waals surface area (Å²) < 4.78 is 0. The Morgan fingerprint density at radius 1 is 1.03 bits per heavy atom. The summed E-state index contributed by atoms with van der Waals surface area (Å²) in [5.74, 6) is -0.317. The molecule has 1 atom stereocenters. The lowest BCUT2D eigenvalue weighted by atomic mass is 9.96. The van der Waals surface area contributed by atoms with Crippen LogP contribution < -0.4 is 5.32 Å². The van der Waals surface area contributed by atoms with Crippen molar-refractivity contribution in [3.05, 3.63) is 81.5 Å². The molecule has 1 saturated heterocycles. The molecular weight excluding hydrogens is 478 g/mol. The van der Waals surface area contributed by atoms with Crippen LogP contribution >= 0.6 is 11.6 Å². The number of nitrogens with zero attached hydrogens (tertiary/aromatic N) is 4. The zero-order chi connectivity index (χ0) is 25.4. The number of likely N-dealkylation sites (N-methyl/N-ethyl adjacent to an activating group) is 1. The zero-order valence-electron chi connectivity index (χ0n) is 20.5. The molecule has 5 rings (SSSR count). The molecule has 2 aromatic carbocycles. The average molecular weight is 508 g/mol. The molecule has 2 aromatic rings. The lowest BCUT2D eigenvalue weighted by Crippen LogP contribution is -2.51. The van der Waals surface area contributed by atoms with E-state index in [0.717, 1.165) is 19.6 Å². The molecule has 0 radical (unpaired) electrons. The molecule has 8 nitrogen and oxygen atoms in total. The van der Waals surface area contributed by atoms with Crippen LogP contribution in [0.25, 0.3) is 0 Å². The van der Waals surface area contributed by atoms with Gasteiger partial charge in [0.1, 0.15) is 6.54 Å². The molecule has 3 aliphatic rings. The highest BCUT2D eigenvalue weighted by Crippen LogP contribution is 2.37. The fraction of sp³-hybridized carbons (Fsp3) is 0.370. The molecule has 3 aliphatic heterocycles. The molecule has 0 unspecified atom stereocenters. The van der Waals surface area contributed by atoms with E-state index in [4.69, 9.17) is 11.6 Å². The normalized spacial score (nSPS) is 20.6. The Balaban J connectivity index is 1.22. The second kappa shape index (κ2) is 9.95. The van der Waals surface area contributed by atoms with Crippen LogP contribution in [0, 0.1) is 6.92 Å². The van der Waals surface area contributed by atoms with Gasteiger partial charge in [-0.3, -0.25) is 19.4 Å². The van der Waals surface area contributed by atoms with E-state index in [2.05, 4.69) is 41.4 Å². The largest absolute Gasteiger partial charge is 0.339 e. The van der Waals surface area contributed by atoms with E-state index in [1.807, 2.05) is 11.0 Å². The Hall–Kier alpha value is -3.36. The SMILES string of the molecule is Cc1ccc(CN2CCN(C(=O)CN3CC4=C(C3=O)[C@H](c3ccccc3Cl)NC(=O)N4C)CC2)cc1. The monoisotopic (exact) mass is 507 g/mol. The molecule has 1 N–H and O–H groups in total. The summed E-state index contributed by atoms with van der Waals surface area (Å²) >= 11 is 6.39. The van der Waals surface area contributed by atoms with Crippen LogP contribution in [-0.2, 0) is 16.1 Å². The third kappa shape index (κ3) is 4.70. The number of urea groups is 1. The fourth-order valence-electron chi connectivity index (χ4n) is 5.06. The van der Waals surface area contributed by atoms with Crippen LogP contribution in [0.3, 0.4) is 0 Å². The minimum absolute atomic E-state index is 0.0128. The van der Waals surface area contributed by atoms with Crippen molar-refractivity contribution in [3.63, 3.8) is 0 Å². The maximum absolute atomic E-state index is 13.5. The smallest absolute Gasteiger partial charge is 0.322 e. The topological polar surface area (TPSA) is 76.2 Å². The van der Waals surface area contributed by atoms with Crippen molar-refractivity contribution in [3.8, 4) is 0 Å². The van der Waals surface area contributed by atoms with Gasteiger partial charge < -0.3 is 15.1 Å². The Morgan fingerprint density at radius 2 is 1.72 bits per heavy atom. The molecule has 36 heavy (non-hydrogen) atoms. The van der Waals surface area contributed by atoms with Gasteiger partial charge in [-0.05, 0) is 24.1 Å². The van der Waals surface area contributed by atoms with E-state index < -0.39 is 6.04 Å². The third-order valence-corrected chi connectivity index (χ3v) is 7.57. The maximum atomic E-state index is 13.5. The van der Waals surface area contributed by atoms with Crippen LogP contribution in [0.4, 0.5) is 4.79 Å². The van der Waals surface area contributed by atoms with Crippen molar-refractivity contribution in [2.24, 2.45) is 0 Å². The molecule has 0 spiro atoms. The highest BCUT2D eigenvalue weighted by Gasteiger charge is 2.44. The van der Waals surface area contributed by atoms with E-state index >= 15 is 0 Å². The van der Waals surface area contributed by atoms with Gasteiger partial charge in [-0.2, -0.15) is 0 Å². The minimum Gasteiger partial charge on any atom is -0.339 e.